The minimum absolute atomic E-state index is 0.377. The number of benzene rings is 1. The average Bonchev–Trinajstić information content (AvgIpc) is 2.80. The van der Waals surface area contributed by atoms with Gasteiger partial charge < -0.3 is 5.32 Å². The van der Waals surface area contributed by atoms with Crippen LogP contribution in [0.1, 0.15) is 17.8 Å². The number of nitro benzene ring substituents is 1. The van der Waals surface area contributed by atoms with E-state index in [1.807, 2.05) is 0 Å². The Bertz CT molecular complexity index is 640. The summed E-state index contributed by atoms with van der Waals surface area (Å²) >= 11 is 7.08. The average molecular weight is 319 g/mol. The predicted molar refractivity (Wildman–Crippen MR) is 74.4 cm³/mol. The molecule has 106 valence electrons. The van der Waals surface area contributed by atoms with Gasteiger partial charge in [-0.2, -0.15) is 0 Å². The van der Waals surface area contributed by atoms with Crippen LogP contribution in [0.25, 0.3) is 0 Å². The van der Waals surface area contributed by atoms with E-state index in [4.69, 9.17) is 11.6 Å². The van der Waals surface area contributed by atoms with Crippen LogP contribution in [0.3, 0.4) is 0 Å². The number of thiophene rings is 1. The molecule has 8 heteroatoms. The number of nitrogens with zero attached hydrogens (tertiary/aromatic N) is 1. The number of anilines is 1. The number of non-ortho nitro benzene ring substituents is 1. The second-order valence-electron chi connectivity index (χ2n) is 4.05. The fraction of sp³-hybridized carbons (Fsp3) is 0.167. The van der Waals surface area contributed by atoms with E-state index in [1.165, 1.54) is 11.3 Å². The summed E-state index contributed by atoms with van der Waals surface area (Å²) in [6.45, 7) is 1.71. The highest BCUT2D eigenvalue weighted by atomic mass is 35.5. The molecule has 1 aromatic carbocycles. The Morgan fingerprint density at radius 1 is 1.35 bits per heavy atom. The lowest BCUT2D eigenvalue weighted by Crippen LogP contribution is -2.08. The van der Waals surface area contributed by atoms with Crippen molar-refractivity contribution in [3.63, 3.8) is 0 Å². The van der Waals surface area contributed by atoms with Gasteiger partial charge in [0.2, 0.25) is 0 Å². The van der Waals surface area contributed by atoms with Crippen molar-refractivity contribution in [3.8, 4) is 0 Å². The van der Waals surface area contributed by atoms with E-state index in [2.05, 4.69) is 5.32 Å². The van der Waals surface area contributed by atoms with Crippen LogP contribution in [0.5, 0.6) is 0 Å². The van der Waals surface area contributed by atoms with E-state index in [-0.39, 0.29) is 6.04 Å². The maximum absolute atomic E-state index is 13.7. The molecule has 1 N–H and O–H groups in total. The number of nitro groups is 1. The topological polar surface area (TPSA) is 55.2 Å². The molecular formula is C12H9ClF2N2O2S. The van der Waals surface area contributed by atoms with Crippen LogP contribution in [0.15, 0.2) is 24.3 Å². The number of halogens is 3. The van der Waals surface area contributed by atoms with Crippen molar-refractivity contribution >= 4 is 34.3 Å². The lowest BCUT2D eigenvalue weighted by molar-refractivity contribution is -0.385. The minimum atomic E-state index is -1.01. The lowest BCUT2D eigenvalue weighted by Gasteiger charge is -2.14. The highest BCUT2D eigenvalue weighted by Gasteiger charge is 2.19. The molecule has 0 fully saturated rings. The molecule has 0 aliphatic carbocycles. The summed E-state index contributed by atoms with van der Waals surface area (Å²) in [7, 11) is 0. The van der Waals surface area contributed by atoms with Crippen molar-refractivity contribution in [2.24, 2.45) is 0 Å². The van der Waals surface area contributed by atoms with E-state index >= 15 is 0 Å². The highest BCUT2D eigenvalue weighted by molar-refractivity contribution is 7.16. The number of hydrogen-bond acceptors (Lipinski definition) is 4. The van der Waals surface area contributed by atoms with Gasteiger partial charge in [-0.25, -0.2) is 8.78 Å². The van der Waals surface area contributed by atoms with Crippen LogP contribution < -0.4 is 5.32 Å². The fourth-order valence-corrected chi connectivity index (χ4v) is 2.71. The Labute approximate surface area is 122 Å². The molecule has 0 saturated heterocycles. The molecular weight excluding hydrogens is 310 g/mol. The van der Waals surface area contributed by atoms with Crippen LogP contribution >= 0.6 is 22.9 Å². The van der Waals surface area contributed by atoms with E-state index in [0.717, 1.165) is 4.88 Å². The molecule has 0 radical (unpaired) electrons. The third-order valence-electron chi connectivity index (χ3n) is 2.62. The van der Waals surface area contributed by atoms with Gasteiger partial charge in [0.1, 0.15) is 5.69 Å². The molecule has 0 aliphatic rings. The minimum Gasteiger partial charge on any atom is -0.373 e. The lowest BCUT2D eigenvalue weighted by atomic mass is 10.2. The Kier molecular flexibility index (Phi) is 4.20. The molecule has 1 unspecified atom stereocenters. The molecule has 1 atom stereocenters. The van der Waals surface area contributed by atoms with Crippen molar-refractivity contribution in [2.45, 2.75) is 13.0 Å². The molecule has 2 rings (SSSR count). The molecule has 0 aliphatic heterocycles. The second-order valence-corrected chi connectivity index (χ2v) is 5.80. The molecule has 20 heavy (non-hydrogen) atoms. The summed E-state index contributed by atoms with van der Waals surface area (Å²) < 4.78 is 28.0. The Hall–Kier alpha value is -1.73. The molecule has 2 aromatic rings. The molecule has 4 nitrogen and oxygen atoms in total. The highest BCUT2D eigenvalue weighted by Crippen LogP contribution is 2.32. The third-order valence-corrected chi connectivity index (χ3v) is 4.03. The van der Waals surface area contributed by atoms with Crippen LogP contribution in [-0.4, -0.2) is 4.92 Å². The first-order valence-electron chi connectivity index (χ1n) is 5.53. The van der Waals surface area contributed by atoms with Crippen LogP contribution in [-0.2, 0) is 0 Å². The van der Waals surface area contributed by atoms with Crippen molar-refractivity contribution in [1.82, 2.24) is 0 Å². The van der Waals surface area contributed by atoms with Crippen LogP contribution in [0.4, 0.5) is 20.2 Å². The molecule has 0 amide bonds. The summed E-state index contributed by atoms with van der Waals surface area (Å²) in [5.74, 6) is -2.02. The molecule has 0 spiro atoms. The summed E-state index contributed by atoms with van der Waals surface area (Å²) in [5.41, 5.74) is -1.02. The smallest absolute Gasteiger partial charge is 0.275 e. The zero-order chi connectivity index (χ0) is 14.9. The maximum Gasteiger partial charge on any atom is 0.275 e. The standard InChI is InChI=1S/C12H9ClF2N2O2S/c1-6(10-2-3-11(13)20-10)16-12-8(14)4-7(17(18)19)5-9(12)15/h2-6,16H,1H3. The van der Waals surface area contributed by atoms with Gasteiger partial charge in [0.05, 0.1) is 27.4 Å². The zero-order valence-electron chi connectivity index (χ0n) is 10.2. The molecule has 1 heterocycles. The van der Waals surface area contributed by atoms with E-state index in [9.17, 15) is 18.9 Å². The molecule has 1 aromatic heterocycles. The van der Waals surface area contributed by atoms with Gasteiger partial charge in [-0.15, -0.1) is 11.3 Å². The monoisotopic (exact) mass is 318 g/mol. The van der Waals surface area contributed by atoms with Gasteiger partial charge in [0.15, 0.2) is 11.6 Å². The fourth-order valence-electron chi connectivity index (χ4n) is 1.65. The summed E-state index contributed by atoms with van der Waals surface area (Å²) in [6.07, 6.45) is 0. The van der Waals surface area contributed by atoms with Crippen molar-refractivity contribution in [3.05, 3.63) is 55.2 Å². The van der Waals surface area contributed by atoms with Crippen molar-refractivity contribution < 1.29 is 13.7 Å². The number of nitrogens with one attached hydrogen (secondary N) is 1. The zero-order valence-corrected chi connectivity index (χ0v) is 11.8. The Morgan fingerprint density at radius 3 is 2.40 bits per heavy atom. The second kappa shape index (κ2) is 5.72. The molecule has 0 bridgehead atoms. The quantitative estimate of drug-likeness (QED) is 0.653. The third kappa shape index (κ3) is 3.05. The van der Waals surface area contributed by atoms with Gasteiger partial charge in [0, 0.05) is 4.88 Å². The number of rotatable bonds is 4. The van der Waals surface area contributed by atoms with Gasteiger partial charge in [-0.05, 0) is 19.1 Å². The van der Waals surface area contributed by atoms with E-state index < -0.39 is 27.9 Å². The van der Waals surface area contributed by atoms with Crippen molar-refractivity contribution in [2.75, 3.05) is 5.32 Å². The number of hydrogen-bond donors (Lipinski definition) is 1. The van der Waals surface area contributed by atoms with Crippen LogP contribution in [0, 0.1) is 21.7 Å². The predicted octanol–water partition coefficient (Wildman–Crippen LogP) is 4.76. The Balaban J connectivity index is 2.27. The largest absolute Gasteiger partial charge is 0.373 e. The maximum atomic E-state index is 13.7. The summed E-state index contributed by atoms with van der Waals surface area (Å²) in [5, 5.41) is 13.2. The normalized spacial score (nSPS) is 12.2. The van der Waals surface area contributed by atoms with Gasteiger partial charge in [-0.1, -0.05) is 11.6 Å². The van der Waals surface area contributed by atoms with E-state index in [0.29, 0.717) is 16.5 Å². The first kappa shape index (κ1) is 14.7. The van der Waals surface area contributed by atoms with Gasteiger partial charge >= 0.3 is 0 Å². The first-order valence-corrected chi connectivity index (χ1v) is 6.73. The van der Waals surface area contributed by atoms with Crippen LogP contribution in [0.2, 0.25) is 4.34 Å². The Morgan fingerprint density at radius 2 is 1.95 bits per heavy atom. The summed E-state index contributed by atoms with van der Waals surface area (Å²) in [4.78, 5) is 10.5. The van der Waals surface area contributed by atoms with Gasteiger partial charge in [0.25, 0.3) is 5.69 Å². The first-order chi connectivity index (χ1) is 9.38. The van der Waals surface area contributed by atoms with Gasteiger partial charge in [-0.3, -0.25) is 10.1 Å². The molecule has 0 saturated carbocycles. The summed E-state index contributed by atoms with van der Waals surface area (Å²) in [6, 6.07) is 4.41. The SMILES string of the molecule is CC(Nc1c(F)cc([N+](=O)[O-])cc1F)c1ccc(Cl)s1. The van der Waals surface area contributed by atoms with Crippen molar-refractivity contribution in [1.29, 1.82) is 0 Å². The van der Waals surface area contributed by atoms with E-state index in [1.54, 1.807) is 19.1 Å².